The zero-order valence-electron chi connectivity index (χ0n) is 5.72. The first-order valence-electron chi connectivity index (χ1n) is 3.06. The van der Waals surface area contributed by atoms with Crippen LogP contribution in [0.15, 0.2) is 4.52 Å². The van der Waals surface area contributed by atoms with Gasteiger partial charge in [-0.2, -0.15) is 0 Å². The van der Waals surface area contributed by atoms with Gasteiger partial charge in [-0.25, -0.2) is 0 Å². The lowest BCUT2D eigenvalue weighted by Crippen LogP contribution is -2.01. The number of rotatable bonds is 2. The van der Waals surface area contributed by atoms with Crippen LogP contribution in [-0.4, -0.2) is 11.7 Å². The molecule has 0 amide bonds. The Labute approximate surface area is 64.1 Å². The first-order valence-corrected chi connectivity index (χ1v) is 3.44. The fourth-order valence-corrected chi connectivity index (χ4v) is 0.855. The van der Waals surface area contributed by atoms with E-state index in [1.54, 1.807) is 6.92 Å². The zero-order valence-corrected chi connectivity index (χ0v) is 6.48. The summed E-state index contributed by atoms with van der Waals surface area (Å²) in [5.41, 5.74) is 6.02. The van der Waals surface area contributed by atoms with E-state index < -0.39 is 0 Å². The van der Waals surface area contributed by atoms with Crippen molar-refractivity contribution in [1.82, 2.24) is 5.16 Å². The molecule has 0 fully saturated rings. The molecule has 4 heteroatoms. The Hall–Kier alpha value is -0.540. The Morgan fingerprint density at radius 1 is 1.70 bits per heavy atom. The molecule has 3 nitrogen and oxygen atoms in total. The summed E-state index contributed by atoms with van der Waals surface area (Å²) in [7, 11) is 0. The molecule has 0 saturated heterocycles. The van der Waals surface area contributed by atoms with Crippen molar-refractivity contribution in [2.45, 2.75) is 13.3 Å². The third-order valence-corrected chi connectivity index (χ3v) is 1.71. The topological polar surface area (TPSA) is 52.0 Å². The van der Waals surface area contributed by atoms with Gasteiger partial charge in [-0.15, -0.1) is 0 Å². The minimum atomic E-state index is 0.536. The van der Waals surface area contributed by atoms with Crippen LogP contribution in [0.25, 0.3) is 0 Å². The molecule has 1 aromatic heterocycles. The maximum absolute atomic E-state index is 5.78. The van der Waals surface area contributed by atoms with E-state index in [9.17, 15) is 0 Å². The summed E-state index contributed by atoms with van der Waals surface area (Å²) in [5, 5.41) is 4.27. The van der Waals surface area contributed by atoms with Gasteiger partial charge in [0.25, 0.3) is 0 Å². The van der Waals surface area contributed by atoms with E-state index in [4.69, 9.17) is 21.9 Å². The van der Waals surface area contributed by atoms with Crippen molar-refractivity contribution in [3.05, 3.63) is 16.5 Å². The van der Waals surface area contributed by atoms with Gasteiger partial charge in [0.05, 0.1) is 5.69 Å². The molecule has 56 valence electrons. The first kappa shape index (κ1) is 7.57. The monoisotopic (exact) mass is 160 g/mol. The Bertz CT molecular complexity index is 222. The summed E-state index contributed by atoms with van der Waals surface area (Å²) < 4.78 is 4.87. The van der Waals surface area contributed by atoms with Crippen molar-refractivity contribution >= 4 is 11.6 Å². The molecule has 0 aliphatic heterocycles. The van der Waals surface area contributed by atoms with Gasteiger partial charge in [0.15, 0.2) is 5.76 Å². The predicted octanol–water partition coefficient (Wildman–Crippen LogP) is 1.14. The average molecular weight is 161 g/mol. The largest absolute Gasteiger partial charge is 0.359 e. The lowest BCUT2D eigenvalue weighted by Gasteiger charge is -1.88. The van der Waals surface area contributed by atoms with Crippen molar-refractivity contribution < 1.29 is 4.52 Å². The molecule has 0 aromatic carbocycles. The molecule has 0 radical (unpaired) electrons. The highest BCUT2D eigenvalue weighted by atomic mass is 35.5. The molecule has 1 heterocycles. The highest BCUT2D eigenvalue weighted by Crippen LogP contribution is 2.19. The first-order chi connectivity index (χ1) is 4.75. The molecule has 0 saturated carbocycles. The Kier molecular flexibility index (Phi) is 2.29. The van der Waals surface area contributed by atoms with Crippen LogP contribution in [-0.2, 0) is 6.42 Å². The Morgan fingerprint density at radius 2 is 2.40 bits per heavy atom. The van der Waals surface area contributed by atoms with Gasteiger partial charge in [0, 0.05) is 6.42 Å². The molecule has 1 aromatic rings. The molecular formula is C6H9ClN2O. The van der Waals surface area contributed by atoms with E-state index in [-0.39, 0.29) is 0 Å². The van der Waals surface area contributed by atoms with Crippen LogP contribution in [0.5, 0.6) is 0 Å². The number of hydrogen-bond donors (Lipinski definition) is 1. The second-order valence-electron chi connectivity index (χ2n) is 2.04. The van der Waals surface area contributed by atoms with Crippen molar-refractivity contribution in [2.24, 2.45) is 5.73 Å². The van der Waals surface area contributed by atoms with E-state index in [1.165, 1.54) is 0 Å². The molecule has 1 rings (SSSR count). The number of nitrogens with two attached hydrogens (primary N) is 1. The second-order valence-corrected chi connectivity index (χ2v) is 2.42. The molecule has 10 heavy (non-hydrogen) atoms. The van der Waals surface area contributed by atoms with Gasteiger partial charge in [0.2, 0.25) is 0 Å². The van der Waals surface area contributed by atoms with Crippen molar-refractivity contribution in [1.29, 1.82) is 0 Å². The Balaban J connectivity index is 2.83. The van der Waals surface area contributed by atoms with Crippen LogP contribution in [0.4, 0.5) is 0 Å². The number of halogens is 1. The van der Waals surface area contributed by atoms with E-state index in [0.29, 0.717) is 23.7 Å². The molecule has 0 aliphatic rings. The minimum Gasteiger partial charge on any atom is -0.359 e. The van der Waals surface area contributed by atoms with E-state index in [0.717, 1.165) is 5.69 Å². The maximum atomic E-state index is 5.78. The van der Waals surface area contributed by atoms with Crippen molar-refractivity contribution in [2.75, 3.05) is 6.54 Å². The standard InChI is InChI=1S/C6H9ClN2O/c1-4-6(7)5(2-3-8)10-9-4/h2-3,8H2,1H3. The molecule has 0 spiro atoms. The van der Waals surface area contributed by atoms with Crippen LogP contribution < -0.4 is 5.73 Å². The quantitative estimate of drug-likeness (QED) is 0.706. The van der Waals surface area contributed by atoms with Crippen LogP contribution in [0.1, 0.15) is 11.5 Å². The normalized spacial score (nSPS) is 10.3. The summed E-state index contributed by atoms with van der Waals surface area (Å²) in [4.78, 5) is 0. The summed E-state index contributed by atoms with van der Waals surface area (Å²) >= 11 is 5.78. The fraction of sp³-hybridized carbons (Fsp3) is 0.500. The van der Waals surface area contributed by atoms with E-state index in [1.807, 2.05) is 0 Å². The Morgan fingerprint density at radius 3 is 2.80 bits per heavy atom. The summed E-state index contributed by atoms with van der Waals surface area (Å²) in [5.74, 6) is 0.682. The number of nitrogens with zero attached hydrogens (tertiary/aromatic N) is 1. The van der Waals surface area contributed by atoms with Crippen molar-refractivity contribution in [3.8, 4) is 0 Å². The van der Waals surface area contributed by atoms with Crippen molar-refractivity contribution in [3.63, 3.8) is 0 Å². The molecular weight excluding hydrogens is 152 g/mol. The summed E-state index contributed by atoms with van der Waals surface area (Å²) in [6, 6.07) is 0. The summed E-state index contributed by atoms with van der Waals surface area (Å²) in [6.45, 7) is 2.33. The van der Waals surface area contributed by atoms with Crippen LogP contribution in [0.2, 0.25) is 5.02 Å². The molecule has 2 N–H and O–H groups in total. The van der Waals surface area contributed by atoms with Gasteiger partial charge >= 0.3 is 0 Å². The lowest BCUT2D eigenvalue weighted by molar-refractivity contribution is 0.381. The van der Waals surface area contributed by atoms with Gasteiger partial charge < -0.3 is 10.3 Å². The number of aromatic nitrogens is 1. The second kappa shape index (κ2) is 3.03. The average Bonchev–Trinajstić information content (AvgIpc) is 2.20. The molecule has 0 atom stereocenters. The molecule has 0 bridgehead atoms. The highest BCUT2D eigenvalue weighted by Gasteiger charge is 2.07. The summed E-state index contributed by atoms with van der Waals surface area (Å²) in [6.07, 6.45) is 0.652. The smallest absolute Gasteiger partial charge is 0.156 e. The van der Waals surface area contributed by atoms with E-state index in [2.05, 4.69) is 5.16 Å². The van der Waals surface area contributed by atoms with Gasteiger partial charge in [-0.1, -0.05) is 16.8 Å². The SMILES string of the molecule is Cc1noc(CCN)c1Cl. The van der Waals surface area contributed by atoms with Crippen LogP contribution >= 0.6 is 11.6 Å². The highest BCUT2D eigenvalue weighted by molar-refractivity contribution is 6.31. The number of aryl methyl sites for hydroxylation is 1. The van der Waals surface area contributed by atoms with Crippen LogP contribution in [0, 0.1) is 6.92 Å². The third kappa shape index (κ3) is 1.30. The molecule has 0 unspecified atom stereocenters. The van der Waals surface area contributed by atoms with Gasteiger partial charge in [-0.05, 0) is 13.5 Å². The predicted molar refractivity (Wildman–Crippen MR) is 39.0 cm³/mol. The fourth-order valence-electron chi connectivity index (χ4n) is 0.692. The van der Waals surface area contributed by atoms with E-state index >= 15 is 0 Å². The minimum absolute atomic E-state index is 0.536. The maximum Gasteiger partial charge on any atom is 0.156 e. The third-order valence-electron chi connectivity index (χ3n) is 1.23. The zero-order chi connectivity index (χ0) is 7.56. The van der Waals surface area contributed by atoms with Gasteiger partial charge in [-0.3, -0.25) is 0 Å². The molecule has 0 aliphatic carbocycles. The van der Waals surface area contributed by atoms with Crippen LogP contribution in [0.3, 0.4) is 0 Å². The lowest BCUT2D eigenvalue weighted by atomic mass is 10.3. The number of hydrogen-bond acceptors (Lipinski definition) is 3. The van der Waals surface area contributed by atoms with Gasteiger partial charge in [0.1, 0.15) is 5.02 Å².